The summed E-state index contributed by atoms with van der Waals surface area (Å²) in [6.45, 7) is 1.99. The quantitative estimate of drug-likeness (QED) is 0.822. The normalized spacial score (nSPS) is 11.7. The molecule has 0 bridgehead atoms. The molecule has 0 aliphatic carbocycles. The van der Waals surface area contributed by atoms with E-state index in [1.165, 1.54) is 0 Å². The number of amides is 2. The fourth-order valence-corrected chi connectivity index (χ4v) is 2.47. The van der Waals surface area contributed by atoms with Gasteiger partial charge in [0.2, 0.25) is 11.8 Å². The van der Waals surface area contributed by atoms with Crippen molar-refractivity contribution in [1.82, 2.24) is 5.32 Å². The van der Waals surface area contributed by atoms with Gasteiger partial charge in [0.1, 0.15) is 6.04 Å². The van der Waals surface area contributed by atoms with Gasteiger partial charge in [0.25, 0.3) is 0 Å². The summed E-state index contributed by atoms with van der Waals surface area (Å²) in [6, 6.07) is 16.9. The van der Waals surface area contributed by atoms with Gasteiger partial charge in [-0.25, -0.2) is 0 Å². The molecule has 0 fully saturated rings. The number of rotatable bonds is 7. The van der Waals surface area contributed by atoms with Crippen LogP contribution in [-0.4, -0.2) is 17.9 Å². The van der Waals surface area contributed by atoms with Crippen LogP contribution in [0.5, 0.6) is 0 Å². The van der Waals surface area contributed by atoms with Gasteiger partial charge < -0.3 is 11.1 Å². The largest absolute Gasteiger partial charge is 0.368 e. The molecule has 0 aliphatic heterocycles. The summed E-state index contributed by atoms with van der Waals surface area (Å²) in [6.07, 6.45) is 1.39. The first kappa shape index (κ1) is 16.7. The molecule has 2 aromatic carbocycles. The highest BCUT2D eigenvalue weighted by atomic mass is 16.2. The van der Waals surface area contributed by atoms with Crippen molar-refractivity contribution in [3.05, 3.63) is 71.3 Å². The average Bonchev–Trinajstić information content (AvgIpc) is 2.53. The van der Waals surface area contributed by atoms with Crippen LogP contribution in [0, 0.1) is 6.92 Å². The minimum absolute atomic E-state index is 0.162. The molecule has 0 saturated carbocycles. The van der Waals surface area contributed by atoms with E-state index in [0.29, 0.717) is 19.3 Å². The number of primary amides is 1. The van der Waals surface area contributed by atoms with Crippen molar-refractivity contribution in [2.75, 3.05) is 0 Å². The first-order valence-corrected chi connectivity index (χ1v) is 7.73. The van der Waals surface area contributed by atoms with Crippen LogP contribution in [0.15, 0.2) is 54.6 Å². The molecule has 2 amide bonds. The predicted octanol–water partition coefficient (Wildman–Crippen LogP) is 2.14. The summed E-state index contributed by atoms with van der Waals surface area (Å²) >= 11 is 0. The molecular formula is C19H22N2O2. The third-order valence-corrected chi connectivity index (χ3v) is 3.68. The van der Waals surface area contributed by atoms with Gasteiger partial charge in [0.05, 0.1) is 0 Å². The minimum atomic E-state index is -0.680. The van der Waals surface area contributed by atoms with Crippen molar-refractivity contribution in [2.45, 2.75) is 32.2 Å². The standard InChI is InChI=1S/C19H22N2O2/c1-14-6-5-9-16(12-14)13-17(19(20)23)21-18(22)11-10-15-7-3-2-4-8-15/h2-9,12,17H,10-11,13H2,1H3,(H2,20,23)(H,21,22)/t17-/m0/s1. The number of carbonyl (C=O) groups is 2. The van der Waals surface area contributed by atoms with Gasteiger partial charge in [-0.2, -0.15) is 0 Å². The van der Waals surface area contributed by atoms with Crippen molar-refractivity contribution < 1.29 is 9.59 Å². The predicted molar refractivity (Wildman–Crippen MR) is 90.8 cm³/mol. The Hall–Kier alpha value is -2.62. The molecule has 1 atom stereocenters. The maximum absolute atomic E-state index is 12.1. The molecule has 0 heterocycles. The van der Waals surface area contributed by atoms with E-state index in [0.717, 1.165) is 16.7 Å². The van der Waals surface area contributed by atoms with Gasteiger partial charge in [0, 0.05) is 12.8 Å². The van der Waals surface area contributed by atoms with Crippen LogP contribution in [0.4, 0.5) is 0 Å². The molecule has 3 N–H and O–H groups in total. The van der Waals surface area contributed by atoms with Gasteiger partial charge in [-0.1, -0.05) is 60.2 Å². The third kappa shape index (κ3) is 5.58. The summed E-state index contributed by atoms with van der Waals surface area (Å²) in [7, 11) is 0. The SMILES string of the molecule is Cc1cccc(C[C@H](NC(=O)CCc2ccccc2)C(N)=O)c1. The molecular weight excluding hydrogens is 288 g/mol. The van der Waals surface area contributed by atoms with E-state index >= 15 is 0 Å². The smallest absolute Gasteiger partial charge is 0.240 e. The fraction of sp³-hybridized carbons (Fsp3) is 0.263. The first-order valence-electron chi connectivity index (χ1n) is 7.73. The summed E-state index contributed by atoms with van der Waals surface area (Å²) in [5, 5.41) is 2.74. The van der Waals surface area contributed by atoms with Gasteiger partial charge >= 0.3 is 0 Å². The lowest BCUT2D eigenvalue weighted by Crippen LogP contribution is -2.45. The van der Waals surface area contributed by atoms with E-state index in [1.54, 1.807) is 0 Å². The van der Waals surface area contributed by atoms with Crippen LogP contribution in [-0.2, 0) is 22.4 Å². The number of carbonyl (C=O) groups excluding carboxylic acids is 2. The molecule has 2 aromatic rings. The lowest BCUT2D eigenvalue weighted by atomic mass is 10.0. The summed E-state index contributed by atoms with van der Waals surface area (Å²) < 4.78 is 0. The van der Waals surface area contributed by atoms with Crippen molar-refractivity contribution in [2.24, 2.45) is 5.73 Å². The topological polar surface area (TPSA) is 72.2 Å². The second-order valence-corrected chi connectivity index (χ2v) is 5.70. The van der Waals surface area contributed by atoms with Crippen LogP contribution in [0.2, 0.25) is 0 Å². The van der Waals surface area contributed by atoms with E-state index in [2.05, 4.69) is 5.32 Å². The van der Waals surface area contributed by atoms with Crippen LogP contribution in [0.1, 0.15) is 23.1 Å². The molecule has 0 spiro atoms. The number of nitrogens with one attached hydrogen (secondary N) is 1. The Kier molecular flexibility index (Phi) is 5.92. The zero-order valence-electron chi connectivity index (χ0n) is 13.3. The Bertz CT molecular complexity index is 668. The number of hydrogen-bond donors (Lipinski definition) is 2. The Morgan fingerprint density at radius 1 is 1.04 bits per heavy atom. The highest BCUT2D eigenvalue weighted by Crippen LogP contribution is 2.08. The highest BCUT2D eigenvalue weighted by Gasteiger charge is 2.18. The van der Waals surface area contributed by atoms with Crippen molar-refractivity contribution >= 4 is 11.8 Å². The molecule has 0 radical (unpaired) electrons. The molecule has 0 unspecified atom stereocenters. The monoisotopic (exact) mass is 310 g/mol. The van der Waals surface area contributed by atoms with Crippen LogP contribution in [0.25, 0.3) is 0 Å². The molecule has 2 rings (SSSR count). The summed E-state index contributed by atoms with van der Waals surface area (Å²) in [5.41, 5.74) is 8.61. The zero-order valence-corrected chi connectivity index (χ0v) is 13.3. The zero-order chi connectivity index (χ0) is 16.7. The molecule has 0 saturated heterocycles. The number of benzene rings is 2. The number of aryl methyl sites for hydroxylation is 2. The fourth-order valence-electron chi connectivity index (χ4n) is 2.47. The van der Waals surface area contributed by atoms with E-state index in [1.807, 2.05) is 61.5 Å². The molecule has 4 heteroatoms. The molecule has 4 nitrogen and oxygen atoms in total. The molecule has 120 valence electrons. The lowest BCUT2D eigenvalue weighted by molar-refractivity contribution is -0.127. The average molecular weight is 310 g/mol. The van der Waals surface area contributed by atoms with Gasteiger partial charge in [-0.05, 0) is 24.5 Å². The van der Waals surface area contributed by atoms with E-state index in [9.17, 15) is 9.59 Å². The second-order valence-electron chi connectivity index (χ2n) is 5.70. The van der Waals surface area contributed by atoms with Gasteiger partial charge in [-0.15, -0.1) is 0 Å². The second kappa shape index (κ2) is 8.13. The van der Waals surface area contributed by atoms with Crippen LogP contribution < -0.4 is 11.1 Å². The Balaban J connectivity index is 1.91. The Morgan fingerprint density at radius 3 is 2.39 bits per heavy atom. The maximum atomic E-state index is 12.1. The maximum Gasteiger partial charge on any atom is 0.240 e. The summed E-state index contributed by atoms with van der Waals surface area (Å²) in [4.78, 5) is 23.7. The number of nitrogens with two attached hydrogens (primary N) is 1. The highest BCUT2D eigenvalue weighted by molar-refractivity contribution is 5.86. The Labute approximate surface area is 136 Å². The van der Waals surface area contributed by atoms with E-state index in [-0.39, 0.29) is 5.91 Å². The summed E-state index contributed by atoms with van der Waals surface area (Å²) in [5.74, 6) is -0.676. The number of hydrogen-bond acceptors (Lipinski definition) is 2. The van der Waals surface area contributed by atoms with Crippen molar-refractivity contribution in [3.63, 3.8) is 0 Å². The van der Waals surface area contributed by atoms with Gasteiger partial charge in [0.15, 0.2) is 0 Å². The van der Waals surface area contributed by atoms with E-state index < -0.39 is 11.9 Å². The van der Waals surface area contributed by atoms with Crippen molar-refractivity contribution in [3.8, 4) is 0 Å². The molecule has 23 heavy (non-hydrogen) atoms. The lowest BCUT2D eigenvalue weighted by Gasteiger charge is -2.16. The third-order valence-electron chi connectivity index (χ3n) is 3.68. The van der Waals surface area contributed by atoms with Crippen LogP contribution in [0.3, 0.4) is 0 Å². The molecule has 0 aliphatic rings. The Morgan fingerprint density at radius 2 is 1.74 bits per heavy atom. The molecule has 0 aromatic heterocycles. The van der Waals surface area contributed by atoms with Gasteiger partial charge in [-0.3, -0.25) is 9.59 Å². The first-order chi connectivity index (χ1) is 11.0. The van der Waals surface area contributed by atoms with E-state index in [4.69, 9.17) is 5.73 Å². The van der Waals surface area contributed by atoms with Crippen molar-refractivity contribution in [1.29, 1.82) is 0 Å². The minimum Gasteiger partial charge on any atom is -0.368 e. The van der Waals surface area contributed by atoms with Crippen LogP contribution >= 0.6 is 0 Å².